The lowest BCUT2D eigenvalue weighted by atomic mass is 10.1. The molecule has 0 bridgehead atoms. The van der Waals surface area contributed by atoms with Crippen molar-refractivity contribution < 1.29 is 14.3 Å². The van der Waals surface area contributed by atoms with Crippen LogP contribution in [0.1, 0.15) is 18.4 Å². The van der Waals surface area contributed by atoms with Crippen LogP contribution in [0.25, 0.3) is 0 Å². The Labute approximate surface area is 119 Å². The van der Waals surface area contributed by atoms with E-state index in [4.69, 9.17) is 15.2 Å². The molecule has 0 saturated carbocycles. The number of amides is 1. The predicted octanol–water partition coefficient (Wildman–Crippen LogP) is 1.20. The summed E-state index contributed by atoms with van der Waals surface area (Å²) in [4.78, 5) is 13.9. The van der Waals surface area contributed by atoms with Crippen LogP contribution >= 0.6 is 0 Å². The maximum atomic E-state index is 12.1. The van der Waals surface area contributed by atoms with E-state index in [1.807, 2.05) is 23.1 Å². The molecule has 5 nitrogen and oxygen atoms in total. The van der Waals surface area contributed by atoms with Crippen LogP contribution in [0.15, 0.2) is 18.2 Å². The third-order valence-corrected chi connectivity index (χ3v) is 3.62. The summed E-state index contributed by atoms with van der Waals surface area (Å²) in [6, 6.07) is 5.83. The van der Waals surface area contributed by atoms with E-state index in [-0.39, 0.29) is 11.9 Å². The van der Waals surface area contributed by atoms with Gasteiger partial charge in [0.05, 0.1) is 14.2 Å². The fourth-order valence-corrected chi connectivity index (χ4v) is 2.43. The number of ether oxygens (including phenoxy) is 2. The summed E-state index contributed by atoms with van der Waals surface area (Å²) in [6.07, 6.45) is 2.07. The van der Waals surface area contributed by atoms with Crippen molar-refractivity contribution in [2.45, 2.75) is 25.3 Å². The van der Waals surface area contributed by atoms with Gasteiger partial charge in [-0.1, -0.05) is 0 Å². The van der Waals surface area contributed by atoms with Crippen molar-refractivity contribution >= 4 is 5.91 Å². The summed E-state index contributed by atoms with van der Waals surface area (Å²) in [7, 11) is 3.24. The molecule has 2 rings (SSSR count). The molecule has 1 unspecified atom stereocenters. The van der Waals surface area contributed by atoms with Crippen LogP contribution in [0.2, 0.25) is 0 Å². The molecule has 5 heteroatoms. The van der Waals surface area contributed by atoms with Crippen LogP contribution in [0.3, 0.4) is 0 Å². The summed E-state index contributed by atoms with van der Waals surface area (Å²) in [5.41, 5.74) is 6.86. The minimum Gasteiger partial charge on any atom is -0.497 e. The summed E-state index contributed by atoms with van der Waals surface area (Å²) in [6.45, 7) is 1.46. The topological polar surface area (TPSA) is 64.8 Å². The maximum absolute atomic E-state index is 12.1. The molecule has 1 amide bonds. The monoisotopic (exact) mass is 278 g/mol. The number of methoxy groups -OCH3 is 2. The first kappa shape index (κ1) is 14.7. The Kier molecular flexibility index (Phi) is 4.84. The van der Waals surface area contributed by atoms with E-state index in [2.05, 4.69) is 0 Å². The van der Waals surface area contributed by atoms with Gasteiger partial charge in [-0.3, -0.25) is 4.79 Å². The van der Waals surface area contributed by atoms with Gasteiger partial charge in [0.15, 0.2) is 0 Å². The van der Waals surface area contributed by atoms with E-state index >= 15 is 0 Å². The Hall–Kier alpha value is -1.75. The number of rotatable bonds is 5. The number of carbonyl (C=O) groups excluding carboxylic acids is 1. The van der Waals surface area contributed by atoms with Gasteiger partial charge in [-0.25, -0.2) is 0 Å². The highest BCUT2D eigenvalue weighted by Gasteiger charge is 2.23. The first-order valence-electron chi connectivity index (χ1n) is 6.87. The Morgan fingerprint density at radius 2 is 1.95 bits per heavy atom. The molecule has 20 heavy (non-hydrogen) atoms. The molecule has 1 aliphatic rings. The normalized spacial score (nSPS) is 18.1. The van der Waals surface area contributed by atoms with Crippen LogP contribution in [0.4, 0.5) is 0 Å². The van der Waals surface area contributed by atoms with Crippen molar-refractivity contribution in [3.63, 3.8) is 0 Å². The largest absolute Gasteiger partial charge is 0.497 e. The molecule has 1 atom stereocenters. The maximum Gasteiger partial charge on any atom is 0.222 e. The van der Waals surface area contributed by atoms with Gasteiger partial charge in [-0.15, -0.1) is 0 Å². The van der Waals surface area contributed by atoms with Gasteiger partial charge in [-0.05, 0) is 30.5 Å². The number of nitrogens with two attached hydrogens (primary N) is 1. The van der Waals surface area contributed by atoms with Crippen molar-refractivity contribution in [3.8, 4) is 11.5 Å². The highest BCUT2D eigenvalue weighted by Crippen LogP contribution is 2.23. The van der Waals surface area contributed by atoms with Gasteiger partial charge in [0.1, 0.15) is 11.5 Å². The van der Waals surface area contributed by atoms with E-state index in [0.717, 1.165) is 30.0 Å². The number of hydrogen-bond acceptors (Lipinski definition) is 4. The third kappa shape index (κ3) is 3.63. The third-order valence-electron chi connectivity index (χ3n) is 3.62. The first-order valence-corrected chi connectivity index (χ1v) is 6.87. The Bertz CT molecular complexity index is 454. The molecule has 0 aliphatic carbocycles. The number of carbonyl (C=O) groups is 1. The molecular weight excluding hydrogens is 256 g/mol. The van der Waals surface area contributed by atoms with Gasteiger partial charge < -0.3 is 20.1 Å². The fourth-order valence-electron chi connectivity index (χ4n) is 2.43. The zero-order valence-electron chi connectivity index (χ0n) is 12.1. The molecule has 1 saturated heterocycles. The van der Waals surface area contributed by atoms with E-state index < -0.39 is 0 Å². The van der Waals surface area contributed by atoms with Crippen LogP contribution < -0.4 is 15.2 Å². The lowest BCUT2D eigenvalue weighted by Crippen LogP contribution is -2.31. The van der Waals surface area contributed by atoms with Crippen LogP contribution in [0, 0.1) is 0 Å². The first-order chi connectivity index (χ1) is 9.62. The summed E-state index contributed by atoms with van der Waals surface area (Å²) in [5.74, 6) is 1.66. The summed E-state index contributed by atoms with van der Waals surface area (Å²) >= 11 is 0. The van der Waals surface area contributed by atoms with E-state index in [0.29, 0.717) is 19.4 Å². The Balaban J connectivity index is 1.94. The van der Waals surface area contributed by atoms with Crippen molar-refractivity contribution in [1.29, 1.82) is 0 Å². The molecular formula is C15H22N2O3. The van der Waals surface area contributed by atoms with Gasteiger partial charge in [0.2, 0.25) is 5.91 Å². The molecule has 0 spiro atoms. The second kappa shape index (κ2) is 6.61. The van der Waals surface area contributed by atoms with Crippen molar-refractivity contribution in [2.24, 2.45) is 5.73 Å². The second-order valence-corrected chi connectivity index (χ2v) is 5.11. The molecule has 1 aromatic carbocycles. The smallest absolute Gasteiger partial charge is 0.222 e. The van der Waals surface area contributed by atoms with Crippen LogP contribution in [0.5, 0.6) is 11.5 Å². The molecule has 1 fully saturated rings. The summed E-state index contributed by atoms with van der Waals surface area (Å²) < 4.78 is 10.5. The highest BCUT2D eigenvalue weighted by molar-refractivity contribution is 5.76. The number of benzene rings is 1. The van der Waals surface area contributed by atoms with Gasteiger partial charge in [-0.2, -0.15) is 0 Å². The molecule has 2 N–H and O–H groups in total. The standard InChI is InChI=1S/C15H22N2O3/c1-19-13-7-11(8-14(9-13)20-2)3-4-15(18)17-6-5-12(16)10-17/h7-9,12H,3-6,10,16H2,1-2H3. The minimum atomic E-state index is 0.135. The SMILES string of the molecule is COc1cc(CCC(=O)N2CCC(N)C2)cc(OC)c1. The van der Waals surface area contributed by atoms with E-state index in [1.54, 1.807) is 14.2 Å². The van der Waals surface area contributed by atoms with Crippen molar-refractivity contribution in [1.82, 2.24) is 4.90 Å². The summed E-state index contributed by atoms with van der Waals surface area (Å²) in [5, 5.41) is 0. The van der Waals surface area contributed by atoms with Crippen LogP contribution in [-0.4, -0.2) is 44.2 Å². The zero-order valence-corrected chi connectivity index (χ0v) is 12.1. The van der Waals surface area contributed by atoms with Crippen LogP contribution in [-0.2, 0) is 11.2 Å². The molecule has 1 heterocycles. The van der Waals surface area contributed by atoms with E-state index in [9.17, 15) is 4.79 Å². The quantitative estimate of drug-likeness (QED) is 0.879. The van der Waals surface area contributed by atoms with Gasteiger partial charge in [0, 0.05) is 31.6 Å². The number of hydrogen-bond donors (Lipinski definition) is 1. The highest BCUT2D eigenvalue weighted by atomic mass is 16.5. The molecule has 0 radical (unpaired) electrons. The number of nitrogens with zero attached hydrogens (tertiary/aromatic N) is 1. The fraction of sp³-hybridized carbons (Fsp3) is 0.533. The Morgan fingerprint density at radius 1 is 1.30 bits per heavy atom. The zero-order chi connectivity index (χ0) is 14.5. The average molecular weight is 278 g/mol. The molecule has 110 valence electrons. The number of aryl methyl sites for hydroxylation is 1. The molecule has 1 aliphatic heterocycles. The van der Waals surface area contributed by atoms with Crippen molar-refractivity contribution in [3.05, 3.63) is 23.8 Å². The van der Waals surface area contributed by atoms with Gasteiger partial charge in [0.25, 0.3) is 0 Å². The molecule has 1 aromatic rings. The lowest BCUT2D eigenvalue weighted by Gasteiger charge is -2.16. The lowest BCUT2D eigenvalue weighted by molar-refractivity contribution is -0.130. The average Bonchev–Trinajstić information content (AvgIpc) is 2.91. The van der Waals surface area contributed by atoms with Crippen molar-refractivity contribution in [2.75, 3.05) is 27.3 Å². The van der Waals surface area contributed by atoms with Gasteiger partial charge >= 0.3 is 0 Å². The number of likely N-dealkylation sites (tertiary alicyclic amines) is 1. The van der Waals surface area contributed by atoms with E-state index in [1.165, 1.54) is 0 Å². The second-order valence-electron chi connectivity index (χ2n) is 5.11. The predicted molar refractivity (Wildman–Crippen MR) is 77.0 cm³/mol. The Morgan fingerprint density at radius 3 is 2.45 bits per heavy atom. The molecule has 0 aromatic heterocycles. The minimum absolute atomic E-state index is 0.135.